The zero-order valence-electron chi connectivity index (χ0n) is 11.8. The summed E-state index contributed by atoms with van der Waals surface area (Å²) >= 11 is 5.66. The minimum Gasteiger partial charge on any atom is -0.506 e. The number of amides is 1. The molecule has 0 heterocycles. The predicted molar refractivity (Wildman–Crippen MR) is 76.5 cm³/mol. The zero-order valence-corrected chi connectivity index (χ0v) is 12.5. The smallest absolute Gasteiger partial charge is 0.221 e. The molecule has 0 unspecified atom stereocenters. The fraction of sp³-hybridized carbons (Fsp3) is 0.462. The molecule has 0 aromatic heterocycles. The lowest BCUT2D eigenvalue weighted by molar-refractivity contribution is -0.114. The Morgan fingerprint density at radius 3 is 2.00 bits per heavy atom. The molecule has 5 heteroatoms. The number of hydrogen-bond donors (Lipinski definition) is 3. The van der Waals surface area contributed by atoms with Crippen LogP contribution in [-0.2, 0) is 4.79 Å². The van der Waals surface area contributed by atoms with E-state index in [2.05, 4.69) is 5.32 Å². The molecule has 0 bridgehead atoms. The SMILES string of the molecule is CC.CC.CC(=O)Nc1cc(Cl)c(O)c(C)c1O. The van der Waals surface area contributed by atoms with Crippen LogP contribution in [0.4, 0.5) is 5.69 Å². The Morgan fingerprint density at radius 2 is 1.61 bits per heavy atom. The van der Waals surface area contributed by atoms with Crippen molar-refractivity contribution in [3.8, 4) is 11.5 Å². The van der Waals surface area contributed by atoms with E-state index in [1.165, 1.54) is 19.9 Å². The lowest BCUT2D eigenvalue weighted by atomic mass is 10.1. The van der Waals surface area contributed by atoms with Crippen molar-refractivity contribution in [2.45, 2.75) is 41.5 Å². The summed E-state index contributed by atoms with van der Waals surface area (Å²) in [6, 6.07) is 1.29. The summed E-state index contributed by atoms with van der Waals surface area (Å²) < 4.78 is 0. The van der Waals surface area contributed by atoms with Crippen LogP contribution < -0.4 is 5.32 Å². The van der Waals surface area contributed by atoms with Crippen molar-refractivity contribution in [3.05, 3.63) is 16.7 Å². The first kappa shape index (κ1) is 18.9. The maximum Gasteiger partial charge on any atom is 0.221 e. The largest absolute Gasteiger partial charge is 0.506 e. The molecule has 3 N–H and O–H groups in total. The number of hydrogen-bond acceptors (Lipinski definition) is 3. The number of carbonyl (C=O) groups is 1. The van der Waals surface area contributed by atoms with Gasteiger partial charge in [-0.2, -0.15) is 0 Å². The van der Waals surface area contributed by atoms with Gasteiger partial charge in [0.1, 0.15) is 11.5 Å². The number of rotatable bonds is 1. The van der Waals surface area contributed by atoms with Gasteiger partial charge in [-0.3, -0.25) is 4.79 Å². The zero-order chi connectivity index (χ0) is 14.9. The normalized spacial score (nSPS) is 8.39. The Bertz CT molecular complexity index is 392. The minimum absolute atomic E-state index is 0.0871. The number of halogens is 1. The van der Waals surface area contributed by atoms with Gasteiger partial charge in [0, 0.05) is 12.5 Å². The van der Waals surface area contributed by atoms with Gasteiger partial charge in [-0.05, 0) is 13.0 Å². The van der Waals surface area contributed by atoms with Gasteiger partial charge in [0.2, 0.25) is 5.91 Å². The quantitative estimate of drug-likeness (QED) is 0.534. The Hall–Kier alpha value is -1.42. The number of aromatic hydroxyl groups is 2. The standard InChI is InChI=1S/C9H10ClNO3.2C2H6/c1-4-8(13)6(10)3-7(9(4)14)11-5(2)12;2*1-2/h3,13-14H,1-2H3,(H,11,12);2*1-2H3. The van der Waals surface area contributed by atoms with E-state index in [4.69, 9.17) is 11.6 Å². The van der Waals surface area contributed by atoms with Crippen molar-refractivity contribution in [1.82, 2.24) is 0 Å². The van der Waals surface area contributed by atoms with E-state index in [1.807, 2.05) is 27.7 Å². The maximum absolute atomic E-state index is 10.7. The number of nitrogens with one attached hydrogen (secondary N) is 1. The number of benzene rings is 1. The number of phenols is 2. The molecule has 0 radical (unpaired) electrons. The van der Waals surface area contributed by atoms with E-state index in [0.717, 1.165) is 0 Å². The van der Waals surface area contributed by atoms with Gasteiger partial charge in [0.25, 0.3) is 0 Å². The van der Waals surface area contributed by atoms with Gasteiger partial charge in [-0.15, -0.1) is 0 Å². The van der Waals surface area contributed by atoms with E-state index >= 15 is 0 Å². The Labute approximate surface area is 114 Å². The molecule has 1 aromatic carbocycles. The highest BCUT2D eigenvalue weighted by molar-refractivity contribution is 6.32. The first-order valence-electron chi connectivity index (χ1n) is 5.92. The molecule has 0 atom stereocenters. The maximum atomic E-state index is 10.7. The van der Waals surface area contributed by atoms with Crippen LogP contribution in [0, 0.1) is 6.92 Å². The Morgan fingerprint density at radius 1 is 1.17 bits per heavy atom. The monoisotopic (exact) mass is 275 g/mol. The average Bonchev–Trinajstić information content (AvgIpc) is 2.37. The van der Waals surface area contributed by atoms with Gasteiger partial charge in [-0.25, -0.2) is 0 Å². The van der Waals surface area contributed by atoms with Crippen LogP contribution in [0.1, 0.15) is 40.2 Å². The average molecular weight is 276 g/mol. The Kier molecular flexibility index (Phi) is 10.1. The van der Waals surface area contributed by atoms with Crippen LogP contribution >= 0.6 is 11.6 Å². The highest BCUT2D eigenvalue weighted by atomic mass is 35.5. The van der Waals surface area contributed by atoms with Crippen LogP contribution in [-0.4, -0.2) is 16.1 Å². The van der Waals surface area contributed by atoms with Gasteiger partial charge < -0.3 is 15.5 Å². The molecule has 0 aliphatic carbocycles. The molecule has 104 valence electrons. The fourth-order valence-corrected chi connectivity index (χ4v) is 1.29. The fourth-order valence-electron chi connectivity index (χ4n) is 1.04. The van der Waals surface area contributed by atoms with E-state index in [9.17, 15) is 15.0 Å². The molecule has 1 aromatic rings. The van der Waals surface area contributed by atoms with Gasteiger partial charge in [-0.1, -0.05) is 39.3 Å². The second-order valence-corrected chi connectivity index (χ2v) is 3.32. The summed E-state index contributed by atoms with van der Waals surface area (Å²) in [5.74, 6) is -0.679. The first-order valence-corrected chi connectivity index (χ1v) is 6.30. The lowest BCUT2D eigenvalue weighted by Crippen LogP contribution is -2.06. The lowest BCUT2D eigenvalue weighted by Gasteiger charge is -2.10. The molecule has 0 saturated carbocycles. The van der Waals surface area contributed by atoms with Crippen molar-refractivity contribution in [2.75, 3.05) is 5.32 Å². The molecular formula is C13H22ClNO3. The minimum atomic E-state index is -0.318. The van der Waals surface area contributed by atoms with Crippen molar-refractivity contribution in [1.29, 1.82) is 0 Å². The summed E-state index contributed by atoms with van der Waals surface area (Å²) in [6.45, 7) is 10.8. The first-order chi connectivity index (χ1) is 8.43. The van der Waals surface area contributed by atoms with Crippen LogP contribution in [0.5, 0.6) is 11.5 Å². The van der Waals surface area contributed by atoms with Crippen molar-refractivity contribution in [3.63, 3.8) is 0 Å². The molecular weight excluding hydrogens is 254 g/mol. The van der Waals surface area contributed by atoms with Crippen molar-refractivity contribution in [2.24, 2.45) is 0 Å². The van der Waals surface area contributed by atoms with Gasteiger partial charge in [0.05, 0.1) is 10.7 Å². The van der Waals surface area contributed by atoms with E-state index in [0.29, 0.717) is 0 Å². The molecule has 0 aliphatic heterocycles. The summed E-state index contributed by atoms with van der Waals surface area (Å²) in [4.78, 5) is 10.7. The topological polar surface area (TPSA) is 69.6 Å². The third kappa shape index (κ3) is 5.27. The van der Waals surface area contributed by atoms with Crippen LogP contribution in [0.15, 0.2) is 6.07 Å². The summed E-state index contributed by atoms with van der Waals surface area (Å²) in [5.41, 5.74) is 0.430. The molecule has 0 saturated heterocycles. The summed E-state index contributed by atoms with van der Waals surface area (Å²) in [6.07, 6.45) is 0. The van der Waals surface area contributed by atoms with Crippen molar-refractivity contribution < 1.29 is 15.0 Å². The highest BCUT2D eigenvalue weighted by Gasteiger charge is 2.13. The molecule has 4 nitrogen and oxygen atoms in total. The third-order valence-corrected chi connectivity index (χ3v) is 2.06. The number of phenolic OH excluding ortho intramolecular Hbond substituents is 2. The molecule has 18 heavy (non-hydrogen) atoms. The second-order valence-electron chi connectivity index (χ2n) is 2.91. The Balaban J connectivity index is 0. The number of anilines is 1. The highest BCUT2D eigenvalue weighted by Crippen LogP contribution is 2.39. The molecule has 1 rings (SSSR count). The number of carbonyl (C=O) groups excluding carboxylic acids is 1. The van der Waals surface area contributed by atoms with Gasteiger partial charge >= 0.3 is 0 Å². The molecule has 0 aliphatic rings. The van der Waals surface area contributed by atoms with E-state index in [-0.39, 0.29) is 33.7 Å². The predicted octanol–water partition coefficient (Wildman–Crippen LogP) is 4.07. The van der Waals surface area contributed by atoms with Crippen LogP contribution in [0.2, 0.25) is 5.02 Å². The van der Waals surface area contributed by atoms with E-state index in [1.54, 1.807) is 0 Å². The van der Waals surface area contributed by atoms with Crippen LogP contribution in [0.3, 0.4) is 0 Å². The van der Waals surface area contributed by atoms with Crippen LogP contribution in [0.25, 0.3) is 0 Å². The molecule has 0 spiro atoms. The molecule has 0 fully saturated rings. The summed E-state index contributed by atoms with van der Waals surface area (Å²) in [7, 11) is 0. The van der Waals surface area contributed by atoms with Crippen molar-refractivity contribution >= 4 is 23.2 Å². The van der Waals surface area contributed by atoms with E-state index < -0.39 is 0 Å². The summed E-state index contributed by atoms with van der Waals surface area (Å²) in [5, 5.41) is 21.3. The van der Waals surface area contributed by atoms with Gasteiger partial charge in [0.15, 0.2) is 0 Å². The second kappa shape index (κ2) is 9.59. The third-order valence-electron chi connectivity index (χ3n) is 1.77. The molecule has 1 amide bonds.